The molecule has 0 saturated carbocycles. The Morgan fingerprint density at radius 1 is 0.950 bits per heavy atom. The van der Waals surface area contributed by atoms with Crippen LogP contribution in [0.15, 0.2) is 47.1 Å². The third-order valence-electron chi connectivity index (χ3n) is 4.27. The predicted molar refractivity (Wildman–Crippen MR) is 91.8 cm³/mol. The Balaban J connectivity index is 2.85. The van der Waals surface area contributed by atoms with Crippen LogP contribution in [0.25, 0.3) is 0 Å². The summed E-state index contributed by atoms with van der Waals surface area (Å²) in [4.78, 5) is 0. The third-order valence-corrected chi connectivity index (χ3v) is 4.27. The molecule has 0 radical (unpaired) electrons. The van der Waals surface area contributed by atoms with Crippen LogP contribution in [-0.2, 0) is 0 Å². The molecule has 0 aromatic carbocycles. The monoisotopic (exact) mass is 272 g/mol. The number of hydrogen-bond donors (Lipinski definition) is 0. The average molecular weight is 272 g/mol. The Labute approximate surface area is 126 Å². The maximum absolute atomic E-state index is 2.44. The molecule has 0 heteroatoms. The van der Waals surface area contributed by atoms with Gasteiger partial charge >= 0.3 is 0 Å². The van der Waals surface area contributed by atoms with Crippen LogP contribution in [0.5, 0.6) is 0 Å². The summed E-state index contributed by atoms with van der Waals surface area (Å²) < 4.78 is 0. The van der Waals surface area contributed by atoms with Gasteiger partial charge in [0.1, 0.15) is 0 Å². The lowest BCUT2D eigenvalue weighted by Gasteiger charge is -2.17. The van der Waals surface area contributed by atoms with Crippen molar-refractivity contribution in [1.82, 2.24) is 0 Å². The SMILES string of the molecule is CC1=C/C/C=C(\C)CC/C=C(\C)CCC(C(C)C)\C=C\1. The van der Waals surface area contributed by atoms with Gasteiger partial charge in [0, 0.05) is 0 Å². The molecule has 0 saturated heterocycles. The van der Waals surface area contributed by atoms with Gasteiger partial charge in [-0.05, 0) is 64.7 Å². The highest BCUT2D eigenvalue weighted by molar-refractivity contribution is 5.19. The summed E-state index contributed by atoms with van der Waals surface area (Å²) in [5.41, 5.74) is 4.46. The Kier molecular flexibility index (Phi) is 7.65. The first kappa shape index (κ1) is 17.0. The van der Waals surface area contributed by atoms with Crippen molar-refractivity contribution in [2.75, 3.05) is 0 Å². The summed E-state index contributed by atoms with van der Waals surface area (Å²) in [6.07, 6.45) is 17.9. The molecule has 0 aromatic rings. The summed E-state index contributed by atoms with van der Waals surface area (Å²) in [6.45, 7) is 11.4. The maximum atomic E-state index is 2.44. The van der Waals surface area contributed by atoms with Crippen LogP contribution in [0.3, 0.4) is 0 Å². The molecular formula is C20H32. The molecule has 1 aliphatic rings. The summed E-state index contributed by atoms with van der Waals surface area (Å²) in [6, 6.07) is 0. The van der Waals surface area contributed by atoms with Crippen molar-refractivity contribution in [3.63, 3.8) is 0 Å². The van der Waals surface area contributed by atoms with Crippen LogP contribution in [0.4, 0.5) is 0 Å². The summed E-state index contributed by atoms with van der Waals surface area (Å²) in [5, 5.41) is 0. The highest BCUT2D eigenvalue weighted by Gasteiger charge is 2.09. The van der Waals surface area contributed by atoms with E-state index >= 15 is 0 Å². The van der Waals surface area contributed by atoms with Crippen molar-refractivity contribution in [3.05, 3.63) is 47.1 Å². The van der Waals surface area contributed by atoms with E-state index in [0.29, 0.717) is 5.92 Å². The van der Waals surface area contributed by atoms with Crippen LogP contribution in [0.2, 0.25) is 0 Å². The van der Waals surface area contributed by atoms with Gasteiger partial charge in [-0.3, -0.25) is 0 Å². The zero-order chi connectivity index (χ0) is 15.0. The summed E-state index contributed by atoms with van der Waals surface area (Å²) >= 11 is 0. The molecule has 0 nitrogen and oxygen atoms in total. The van der Waals surface area contributed by atoms with E-state index in [0.717, 1.165) is 12.3 Å². The van der Waals surface area contributed by atoms with Gasteiger partial charge in [-0.25, -0.2) is 0 Å². The van der Waals surface area contributed by atoms with Gasteiger partial charge < -0.3 is 0 Å². The molecule has 1 rings (SSSR count). The smallest absolute Gasteiger partial charge is 0.0161 e. The molecule has 20 heavy (non-hydrogen) atoms. The minimum Gasteiger partial charge on any atom is -0.0853 e. The molecule has 0 aromatic heterocycles. The normalized spacial score (nSPS) is 32.3. The molecule has 1 unspecified atom stereocenters. The van der Waals surface area contributed by atoms with E-state index in [1.807, 2.05) is 0 Å². The first-order valence-corrected chi connectivity index (χ1v) is 8.15. The Hall–Kier alpha value is -1.04. The third kappa shape index (κ3) is 6.93. The Bertz CT molecular complexity index is 402. The molecule has 0 amide bonds. The molecule has 0 heterocycles. The lowest BCUT2D eigenvalue weighted by Crippen LogP contribution is -2.05. The predicted octanol–water partition coefficient (Wildman–Crippen LogP) is 6.62. The second kappa shape index (κ2) is 9.00. The lowest BCUT2D eigenvalue weighted by atomic mass is 9.88. The van der Waals surface area contributed by atoms with Gasteiger partial charge in [-0.1, -0.05) is 60.9 Å². The highest BCUT2D eigenvalue weighted by Crippen LogP contribution is 2.23. The molecule has 0 bridgehead atoms. The van der Waals surface area contributed by atoms with Gasteiger partial charge in [0.15, 0.2) is 0 Å². The largest absolute Gasteiger partial charge is 0.0853 e. The number of allylic oxidation sites excluding steroid dienone is 8. The highest BCUT2D eigenvalue weighted by atomic mass is 14.1. The quantitative estimate of drug-likeness (QED) is 0.471. The second-order valence-corrected chi connectivity index (χ2v) is 6.63. The molecule has 112 valence electrons. The Morgan fingerprint density at radius 3 is 2.35 bits per heavy atom. The summed E-state index contributed by atoms with van der Waals surface area (Å²) in [7, 11) is 0. The zero-order valence-electron chi connectivity index (χ0n) is 14.1. The topological polar surface area (TPSA) is 0 Å². The molecule has 0 fully saturated rings. The molecule has 1 aliphatic carbocycles. The van der Waals surface area contributed by atoms with Crippen molar-refractivity contribution >= 4 is 0 Å². The van der Waals surface area contributed by atoms with Crippen LogP contribution in [0.1, 0.15) is 66.7 Å². The average Bonchev–Trinajstić information content (AvgIpc) is 2.37. The minimum absolute atomic E-state index is 0.696. The number of rotatable bonds is 1. The Morgan fingerprint density at radius 2 is 1.65 bits per heavy atom. The van der Waals surface area contributed by atoms with Gasteiger partial charge in [-0.15, -0.1) is 0 Å². The van der Waals surface area contributed by atoms with Gasteiger partial charge in [-0.2, -0.15) is 0 Å². The second-order valence-electron chi connectivity index (χ2n) is 6.63. The fraction of sp³-hybridized carbons (Fsp3) is 0.600. The molecule has 0 spiro atoms. The van der Waals surface area contributed by atoms with Gasteiger partial charge in [0.05, 0.1) is 0 Å². The lowest BCUT2D eigenvalue weighted by molar-refractivity contribution is 0.435. The van der Waals surface area contributed by atoms with E-state index in [9.17, 15) is 0 Å². The van der Waals surface area contributed by atoms with E-state index < -0.39 is 0 Å². The van der Waals surface area contributed by atoms with Crippen molar-refractivity contribution in [2.45, 2.75) is 66.7 Å². The van der Waals surface area contributed by atoms with E-state index in [2.05, 4.69) is 65.0 Å². The molecule has 0 N–H and O–H groups in total. The van der Waals surface area contributed by atoms with E-state index in [4.69, 9.17) is 0 Å². The first-order valence-electron chi connectivity index (χ1n) is 8.15. The van der Waals surface area contributed by atoms with E-state index in [1.54, 1.807) is 5.57 Å². The first-order chi connectivity index (χ1) is 9.49. The fourth-order valence-electron chi connectivity index (χ4n) is 2.59. The number of hydrogen-bond acceptors (Lipinski definition) is 0. The minimum atomic E-state index is 0.696. The van der Waals surface area contributed by atoms with Crippen LogP contribution in [0, 0.1) is 11.8 Å². The molecule has 1 atom stereocenters. The van der Waals surface area contributed by atoms with Gasteiger partial charge in [0.2, 0.25) is 0 Å². The maximum Gasteiger partial charge on any atom is -0.0161 e. The standard InChI is InChI=1S/C20H32/c1-16(2)20-14-12-18(4)10-6-8-17(3)9-7-11-19(5)13-15-20/h8,10-12,14,16,20H,6-7,9,13,15H2,1-5H3/b14-12+,17-8+,18-10-,19-11+. The van der Waals surface area contributed by atoms with E-state index in [1.165, 1.54) is 36.8 Å². The van der Waals surface area contributed by atoms with Crippen molar-refractivity contribution in [3.8, 4) is 0 Å². The van der Waals surface area contributed by atoms with Crippen molar-refractivity contribution in [2.24, 2.45) is 11.8 Å². The summed E-state index contributed by atoms with van der Waals surface area (Å²) in [5.74, 6) is 1.42. The van der Waals surface area contributed by atoms with Crippen LogP contribution in [-0.4, -0.2) is 0 Å². The van der Waals surface area contributed by atoms with Crippen LogP contribution < -0.4 is 0 Å². The van der Waals surface area contributed by atoms with Gasteiger partial charge in [0.25, 0.3) is 0 Å². The zero-order valence-corrected chi connectivity index (χ0v) is 14.1. The van der Waals surface area contributed by atoms with E-state index in [-0.39, 0.29) is 0 Å². The van der Waals surface area contributed by atoms with Crippen molar-refractivity contribution < 1.29 is 0 Å². The van der Waals surface area contributed by atoms with Crippen LogP contribution >= 0.6 is 0 Å². The fourth-order valence-corrected chi connectivity index (χ4v) is 2.59. The molecule has 0 aliphatic heterocycles. The molecular weight excluding hydrogens is 240 g/mol. The van der Waals surface area contributed by atoms with Crippen molar-refractivity contribution in [1.29, 1.82) is 0 Å².